The van der Waals surface area contributed by atoms with Crippen molar-refractivity contribution in [3.05, 3.63) is 56.3 Å². The van der Waals surface area contributed by atoms with Crippen LogP contribution in [0.3, 0.4) is 0 Å². The second-order valence-electron chi connectivity index (χ2n) is 4.66. The van der Waals surface area contributed by atoms with Gasteiger partial charge in [0.15, 0.2) is 0 Å². The molecule has 0 atom stereocenters. The molecule has 2 aromatic rings. The van der Waals surface area contributed by atoms with Crippen molar-refractivity contribution in [2.24, 2.45) is 7.05 Å². The number of halogens is 1. The molecule has 5 nitrogen and oxygen atoms in total. The molecule has 0 saturated heterocycles. The van der Waals surface area contributed by atoms with E-state index in [1.165, 1.54) is 15.5 Å². The first-order chi connectivity index (χ1) is 9.38. The van der Waals surface area contributed by atoms with E-state index in [-0.39, 0.29) is 11.5 Å². The van der Waals surface area contributed by atoms with Crippen molar-refractivity contribution < 1.29 is 9.21 Å². The van der Waals surface area contributed by atoms with Crippen LogP contribution in [0.1, 0.15) is 21.9 Å². The number of carbonyl (C=O) groups excluding carboxylic acids is 1. The first kappa shape index (κ1) is 14.6. The van der Waals surface area contributed by atoms with E-state index in [2.05, 4.69) is 15.9 Å². The molecule has 0 unspecified atom stereocenters. The molecule has 0 bridgehead atoms. The van der Waals surface area contributed by atoms with Crippen molar-refractivity contribution in [3.8, 4) is 0 Å². The Kier molecular flexibility index (Phi) is 4.13. The number of aryl methyl sites for hydroxylation is 2. The Labute approximate surface area is 124 Å². The first-order valence-electron chi connectivity index (χ1n) is 6.05. The van der Waals surface area contributed by atoms with Gasteiger partial charge in [0.1, 0.15) is 11.5 Å². The third kappa shape index (κ3) is 3.01. The van der Waals surface area contributed by atoms with Crippen molar-refractivity contribution in [2.45, 2.75) is 13.5 Å². The van der Waals surface area contributed by atoms with Gasteiger partial charge in [-0.1, -0.05) is 0 Å². The summed E-state index contributed by atoms with van der Waals surface area (Å²) in [6, 6.07) is 5.01. The summed E-state index contributed by atoms with van der Waals surface area (Å²) in [7, 11) is 3.31. The van der Waals surface area contributed by atoms with E-state index in [0.29, 0.717) is 22.3 Å². The van der Waals surface area contributed by atoms with Gasteiger partial charge in [-0.2, -0.15) is 0 Å². The molecule has 0 fully saturated rings. The van der Waals surface area contributed by atoms with Gasteiger partial charge in [0.05, 0.1) is 12.1 Å². The number of nitrogens with zero attached hydrogens (tertiary/aromatic N) is 2. The third-order valence-electron chi connectivity index (χ3n) is 2.95. The van der Waals surface area contributed by atoms with Crippen LogP contribution in [-0.4, -0.2) is 22.4 Å². The van der Waals surface area contributed by atoms with E-state index in [1.807, 2.05) is 19.1 Å². The lowest BCUT2D eigenvalue weighted by atomic mass is 10.2. The molecule has 106 valence electrons. The maximum atomic E-state index is 12.3. The second-order valence-corrected chi connectivity index (χ2v) is 5.51. The van der Waals surface area contributed by atoms with E-state index < -0.39 is 0 Å². The van der Waals surface area contributed by atoms with Crippen LogP contribution < -0.4 is 5.56 Å². The number of hydrogen-bond acceptors (Lipinski definition) is 3. The van der Waals surface area contributed by atoms with Crippen LogP contribution in [0.15, 0.2) is 38.1 Å². The molecule has 2 heterocycles. The van der Waals surface area contributed by atoms with Crippen molar-refractivity contribution in [2.75, 3.05) is 7.05 Å². The van der Waals surface area contributed by atoms with Crippen molar-refractivity contribution in [1.29, 1.82) is 0 Å². The van der Waals surface area contributed by atoms with Crippen LogP contribution in [0.4, 0.5) is 0 Å². The fourth-order valence-corrected chi connectivity index (χ4v) is 2.43. The molecule has 1 amide bonds. The molecule has 0 N–H and O–H groups in total. The van der Waals surface area contributed by atoms with E-state index in [1.54, 1.807) is 20.3 Å². The number of aromatic nitrogens is 1. The number of pyridine rings is 1. The van der Waals surface area contributed by atoms with E-state index in [9.17, 15) is 9.59 Å². The Morgan fingerprint density at radius 3 is 2.75 bits per heavy atom. The normalized spacial score (nSPS) is 10.6. The number of hydrogen-bond donors (Lipinski definition) is 0. The number of amides is 1. The van der Waals surface area contributed by atoms with Gasteiger partial charge in [0.25, 0.3) is 11.5 Å². The zero-order chi connectivity index (χ0) is 14.9. The predicted octanol–water partition coefficient (Wildman–Crippen LogP) is 2.32. The lowest BCUT2D eigenvalue weighted by Crippen LogP contribution is -2.28. The fourth-order valence-electron chi connectivity index (χ4n) is 1.84. The predicted molar refractivity (Wildman–Crippen MR) is 78.6 cm³/mol. The number of carbonyl (C=O) groups is 1. The van der Waals surface area contributed by atoms with Crippen LogP contribution in [0, 0.1) is 6.92 Å². The maximum absolute atomic E-state index is 12.3. The largest absolute Gasteiger partial charge is 0.464 e. The molecule has 0 aromatic carbocycles. The summed E-state index contributed by atoms with van der Waals surface area (Å²) in [5.41, 5.74) is 0.123. The molecule has 0 radical (unpaired) electrons. The van der Waals surface area contributed by atoms with Gasteiger partial charge in [-0.15, -0.1) is 0 Å². The highest BCUT2D eigenvalue weighted by Crippen LogP contribution is 2.17. The highest BCUT2D eigenvalue weighted by Gasteiger charge is 2.17. The third-order valence-corrected chi connectivity index (χ3v) is 3.58. The minimum Gasteiger partial charge on any atom is -0.464 e. The summed E-state index contributed by atoms with van der Waals surface area (Å²) >= 11 is 3.31. The summed E-state index contributed by atoms with van der Waals surface area (Å²) in [5.74, 6) is 1.28. The molecule has 2 rings (SSSR count). The molecular weight excluding hydrogens is 324 g/mol. The van der Waals surface area contributed by atoms with Crippen LogP contribution in [0.5, 0.6) is 0 Å². The van der Waals surface area contributed by atoms with Gasteiger partial charge in [0, 0.05) is 30.8 Å². The molecule has 6 heteroatoms. The monoisotopic (exact) mass is 338 g/mol. The van der Waals surface area contributed by atoms with Crippen LogP contribution in [0.2, 0.25) is 0 Å². The lowest BCUT2D eigenvalue weighted by molar-refractivity contribution is 0.0773. The Hall–Kier alpha value is -1.82. The SMILES string of the molecule is Cc1ccc(CN(C)C(=O)c2cc(=O)n(C)cc2Br)o1. The van der Waals surface area contributed by atoms with E-state index in [4.69, 9.17) is 4.42 Å². The van der Waals surface area contributed by atoms with Gasteiger partial charge in [-0.05, 0) is 35.0 Å². The average molecular weight is 339 g/mol. The molecular formula is C14H15BrN2O3. The standard InChI is InChI=1S/C14H15BrN2O3/c1-9-4-5-10(20-9)7-17(3)14(19)11-6-13(18)16(2)8-12(11)15/h4-6,8H,7H2,1-3H3. The van der Waals surface area contributed by atoms with Crippen molar-refractivity contribution >= 4 is 21.8 Å². The van der Waals surface area contributed by atoms with Crippen LogP contribution >= 0.6 is 15.9 Å². The summed E-state index contributed by atoms with van der Waals surface area (Å²) in [6.07, 6.45) is 1.58. The van der Waals surface area contributed by atoms with Gasteiger partial charge >= 0.3 is 0 Å². The maximum Gasteiger partial charge on any atom is 0.255 e. The zero-order valence-electron chi connectivity index (χ0n) is 11.5. The molecule has 0 aliphatic carbocycles. The van der Waals surface area contributed by atoms with Crippen molar-refractivity contribution in [3.63, 3.8) is 0 Å². The van der Waals surface area contributed by atoms with Gasteiger partial charge in [-0.25, -0.2) is 0 Å². The first-order valence-corrected chi connectivity index (χ1v) is 6.84. The summed E-state index contributed by atoms with van der Waals surface area (Å²) < 4.78 is 7.45. The topological polar surface area (TPSA) is 55.5 Å². The molecule has 0 saturated carbocycles. The Morgan fingerprint density at radius 2 is 2.15 bits per heavy atom. The Bertz CT molecular complexity index is 703. The Balaban J connectivity index is 2.22. The molecule has 0 aliphatic rings. The summed E-state index contributed by atoms with van der Waals surface area (Å²) in [5, 5.41) is 0. The van der Waals surface area contributed by atoms with Crippen LogP contribution in [-0.2, 0) is 13.6 Å². The molecule has 20 heavy (non-hydrogen) atoms. The van der Waals surface area contributed by atoms with Gasteiger partial charge in [0.2, 0.25) is 0 Å². The summed E-state index contributed by atoms with van der Waals surface area (Å²) in [4.78, 5) is 25.5. The van der Waals surface area contributed by atoms with E-state index >= 15 is 0 Å². The van der Waals surface area contributed by atoms with E-state index in [0.717, 1.165) is 5.76 Å². The lowest BCUT2D eigenvalue weighted by Gasteiger charge is -2.16. The van der Waals surface area contributed by atoms with Crippen LogP contribution in [0.25, 0.3) is 0 Å². The average Bonchev–Trinajstić information content (AvgIpc) is 2.78. The molecule has 2 aromatic heterocycles. The second kappa shape index (κ2) is 5.66. The van der Waals surface area contributed by atoms with Crippen molar-refractivity contribution in [1.82, 2.24) is 9.47 Å². The van der Waals surface area contributed by atoms with Gasteiger partial charge in [-0.3, -0.25) is 9.59 Å². The highest BCUT2D eigenvalue weighted by molar-refractivity contribution is 9.10. The Morgan fingerprint density at radius 1 is 1.45 bits per heavy atom. The molecule has 0 aliphatic heterocycles. The quantitative estimate of drug-likeness (QED) is 0.862. The summed E-state index contributed by atoms with van der Waals surface area (Å²) in [6.45, 7) is 2.21. The number of furan rings is 1. The fraction of sp³-hybridized carbons (Fsp3) is 0.286. The minimum atomic E-state index is -0.233. The highest BCUT2D eigenvalue weighted by atomic mass is 79.9. The smallest absolute Gasteiger partial charge is 0.255 e. The molecule has 0 spiro atoms. The minimum absolute atomic E-state index is 0.223. The number of rotatable bonds is 3. The van der Waals surface area contributed by atoms with Gasteiger partial charge < -0.3 is 13.9 Å². The zero-order valence-corrected chi connectivity index (χ0v) is 13.1.